The molecule has 0 spiro atoms. The van der Waals surface area contributed by atoms with E-state index < -0.39 is 12.1 Å². The Balaban J connectivity index is 0.000000396. The summed E-state index contributed by atoms with van der Waals surface area (Å²) in [5.41, 5.74) is 9.22. The molecule has 2 aliphatic rings. The van der Waals surface area contributed by atoms with E-state index in [2.05, 4.69) is 10.3 Å². The lowest BCUT2D eigenvalue weighted by molar-refractivity contribution is -0.192. The Labute approximate surface area is 167 Å². The topological polar surface area (TPSA) is 136 Å². The van der Waals surface area contributed by atoms with Crippen molar-refractivity contribution in [2.75, 3.05) is 11.9 Å². The van der Waals surface area contributed by atoms with Crippen molar-refractivity contribution < 1.29 is 32.3 Å². The molecule has 0 fully saturated rings. The van der Waals surface area contributed by atoms with Crippen LogP contribution in [0.2, 0.25) is 0 Å². The molecular formula is C19H18F3N3O5. The number of carbonyl (C=O) groups is 2. The van der Waals surface area contributed by atoms with Crippen molar-refractivity contribution in [1.82, 2.24) is 4.98 Å². The van der Waals surface area contributed by atoms with Crippen molar-refractivity contribution in [3.63, 3.8) is 0 Å². The number of amides is 1. The second kappa shape index (κ2) is 8.91. The number of anilines is 1. The first-order chi connectivity index (χ1) is 13.9. The van der Waals surface area contributed by atoms with Crippen LogP contribution in [-0.4, -0.2) is 34.7 Å². The number of aromatic nitrogens is 1. The fourth-order valence-corrected chi connectivity index (χ4v) is 2.42. The Hall–Kier alpha value is -3.47. The van der Waals surface area contributed by atoms with E-state index in [9.17, 15) is 22.8 Å². The number of benzene rings is 2. The van der Waals surface area contributed by atoms with Crippen LogP contribution in [0.15, 0.2) is 33.5 Å². The van der Waals surface area contributed by atoms with Gasteiger partial charge in [-0.25, -0.2) is 9.78 Å². The number of aliphatic carboxylic acids is 1. The van der Waals surface area contributed by atoms with Gasteiger partial charge in [-0.3, -0.25) is 9.59 Å². The number of hydrogen-bond acceptors (Lipinski definition) is 6. The largest absolute Gasteiger partial charge is 0.490 e. The van der Waals surface area contributed by atoms with E-state index in [4.69, 9.17) is 20.1 Å². The zero-order valence-electron chi connectivity index (χ0n) is 16.0. The van der Waals surface area contributed by atoms with Gasteiger partial charge in [0, 0.05) is 36.3 Å². The second-order valence-electron chi connectivity index (χ2n) is 6.26. The molecule has 1 aliphatic heterocycles. The van der Waals surface area contributed by atoms with Crippen molar-refractivity contribution in [2.45, 2.75) is 26.4 Å². The summed E-state index contributed by atoms with van der Waals surface area (Å²) in [6.45, 7) is 3.93. The van der Waals surface area contributed by atoms with Crippen molar-refractivity contribution >= 4 is 28.7 Å². The Kier molecular flexibility index (Phi) is 6.77. The summed E-state index contributed by atoms with van der Waals surface area (Å²) in [5.74, 6) is -2.47. The summed E-state index contributed by atoms with van der Waals surface area (Å²) < 4.78 is 37.5. The third kappa shape index (κ3) is 5.32. The molecule has 8 nitrogen and oxygen atoms in total. The molecule has 4 N–H and O–H groups in total. The lowest BCUT2D eigenvalue weighted by atomic mass is 10.0. The van der Waals surface area contributed by atoms with E-state index >= 15 is 0 Å². The van der Waals surface area contributed by atoms with Crippen molar-refractivity contribution in [2.24, 2.45) is 5.73 Å². The number of carboxylic acids is 1. The highest BCUT2D eigenvalue weighted by Crippen LogP contribution is 2.29. The number of rotatable bonds is 3. The molecule has 1 aromatic rings. The zero-order valence-corrected chi connectivity index (χ0v) is 16.0. The summed E-state index contributed by atoms with van der Waals surface area (Å²) >= 11 is 0. The highest BCUT2D eigenvalue weighted by atomic mass is 19.4. The molecule has 1 amide bonds. The molecule has 0 bridgehead atoms. The van der Waals surface area contributed by atoms with E-state index in [-0.39, 0.29) is 17.8 Å². The molecule has 0 radical (unpaired) electrons. The summed E-state index contributed by atoms with van der Waals surface area (Å²) in [4.78, 5) is 37.0. The monoisotopic (exact) mass is 425 g/mol. The number of alkyl halides is 3. The molecule has 1 aliphatic carbocycles. The third-order valence-corrected chi connectivity index (χ3v) is 4.09. The Morgan fingerprint density at radius 3 is 2.40 bits per heavy atom. The van der Waals surface area contributed by atoms with Gasteiger partial charge in [-0.15, -0.1) is 0 Å². The average molecular weight is 425 g/mol. The minimum Gasteiger partial charge on any atom is -0.475 e. The number of carbonyl (C=O) groups excluding carboxylic acids is 1. The molecule has 11 heteroatoms. The predicted molar refractivity (Wildman–Crippen MR) is 102 cm³/mol. The van der Waals surface area contributed by atoms with E-state index in [1.807, 2.05) is 6.92 Å². The van der Waals surface area contributed by atoms with Gasteiger partial charge in [0.05, 0.1) is 0 Å². The molecule has 1 aromatic carbocycles. The standard InChI is InChI=1S/C17H17N3O3.C2HF3O2/c1-9-10(2)17-15(8-13(9)21)23-14-7-11(3-4-12(14)20-17)19-16(22)5-6-18;3-2(4,5)1(6)7/h3-4,7-8H,5-6,18H2,1-2H3,(H,19,22);(H,6,7). The molecule has 0 aromatic heterocycles. The van der Waals surface area contributed by atoms with Gasteiger partial charge in [0.25, 0.3) is 0 Å². The SMILES string of the molecule is Cc1c2nc3ccc(NC(=O)CCN)cc3oc-2cc(=O)c1C.O=C(O)C(F)(F)F. The minimum atomic E-state index is -5.08. The maximum atomic E-state index is 11.9. The summed E-state index contributed by atoms with van der Waals surface area (Å²) in [5, 5.41) is 9.87. The molecule has 0 saturated heterocycles. The van der Waals surface area contributed by atoms with Crippen LogP contribution in [0.4, 0.5) is 18.9 Å². The summed E-state index contributed by atoms with van der Waals surface area (Å²) in [6, 6.07) is 6.67. The lowest BCUT2D eigenvalue weighted by Crippen LogP contribution is -2.21. The number of hydrogen-bond donors (Lipinski definition) is 3. The third-order valence-electron chi connectivity index (χ3n) is 4.09. The van der Waals surface area contributed by atoms with Gasteiger partial charge in [-0.1, -0.05) is 0 Å². The molecule has 3 rings (SSSR count). The Morgan fingerprint density at radius 1 is 1.20 bits per heavy atom. The van der Waals surface area contributed by atoms with Gasteiger partial charge in [0.2, 0.25) is 5.91 Å². The second-order valence-corrected chi connectivity index (χ2v) is 6.26. The van der Waals surface area contributed by atoms with E-state index in [1.54, 1.807) is 25.1 Å². The zero-order chi connectivity index (χ0) is 22.6. The van der Waals surface area contributed by atoms with Crippen LogP contribution in [0, 0.1) is 13.8 Å². The predicted octanol–water partition coefficient (Wildman–Crippen LogP) is 2.83. The molecule has 30 heavy (non-hydrogen) atoms. The summed E-state index contributed by atoms with van der Waals surface area (Å²) in [7, 11) is 0. The number of nitrogens with one attached hydrogen (secondary N) is 1. The van der Waals surface area contributed by atoms with Gasteiger partial charge in [0.15, 0.2) is 16.8 Å². The quantitative estimate of drug-likeness (QED) is 0.549. The van der Waals surface area contributed by atoms with Crippen LogP contribution in [0.5, 0.6) is 0 Å². The van der Waals surface area contributed by atoms with Gasteiger partial charge >= 0.3 is 12.1 Å². The molecule has 1 heterocycles. The highest BCUT2D eigenvalue weighted by molar-refractivity contribution is 5.93. The normalized spacial score (nSPS) is 11.1. The van der Waals surface area contributed by atoms with Crippen molar-refractivity contribution in [3.8, 4) is 11.5 Å². The first kappa shape index (κ1) is 22.8. The average Bonchev–Trinajstić information content (AvgIpc) is 2.65. The van der Waals surface area contributed by atoms with Gasteiger partial charge in [-0.05, 0) is 31.5 Å². The number of fused-ring (bicyclic) bond motifs is 2. The van der Waals surface area contributed by atoms with Crippen molar-refractivity contribution in [3.05, 3.63) is 45.6 Å². The van der Waals surface area contributed by atoms with Crippen LogP contribution < -0.4 is 16.5 Å². The maximum Gasteiger partial charge on any atom is 0.490 e. The lowest BCUT2D eigenvalue weighted by Gasteiger charge is -2.11. The number of halogens is 3. The fraction of sp³-hybridized carbons (Fsp3) is 0.263. The smallest absolute Gasteiger partial charge is 0.475 e. The Bertz CT molecular complexity index is 1120. The van der Waals surface area contributed by atoms with Crippen LogP contribution >= 0.6 is 0 Å². The van der Waals surface area contributed by atoms with Crippen LogP contribution in [0.3, 0.4) is 0 Å². The number of carboxylic acid groups (broad SMARTS) is 1. The molecular weight excluding hydrogens is 407 g/mol. The van der Waals surface area contributed by atoms with E-state index in [0.29, 0.717) is 40.3 Å². The molecule has 160 valence electrons. The maximum absolute atomic E-state index is 11.9. The Morgan fingerprint density at radius 2 is 1.83 bits per heavy atom. The van der Waals surface area contributed by atoms with Gasteiger partial charge in [-0.2, -0.15) is 13.2 Å². The molecule has 0 saturated carbocycles. The highest BCUT2D eigenvalue weighted by Gasteiger charge is 2.38. The minimum absolute atomic E-state index is 0.0766. The first-order valence-electron chi connectivity index (χ1n) is 8.59. The summed E-state index contributed by atoms with van der Waals surface area (Å²) in [6.07, 6.45) is -4.83. The molecule has 0 atom stereocenters. The molecule has 0 unspecified atom stereocenters. The van der Waals surface area contributed by atoms with Crippen molar-refractivity contribution in [1.29, 1.82) is 0 Å². The van der Waals surface area contributed by atoms with E-state index in [1.165, 1.54) is 6.07 Å². The van der Waals surface area contributed by atoms with Crippen LogP contribution in [0.25, 0.3) is 22.6 Å². The first-order valence-corrected chi connectivity index (χ1v) is 8.59. The number of nitrogens with two attached hydrogens (primary N) is 1. The van der Waals surface area contributed by atoms with Gasteiger partial charge < -0.3 is 20.6 Å². The number of nitrogens with zero attached hydrogens (tertiary/aromatic N) is 1. The van der Waals surface area contributed by atoms with Crippen LogP contribution in [-0.2, 0) is 9.59 Å². The van der Waals surface area contributed by atoms with Gasteiger partial charge in [0.1, 0.15) is 11.2 Å². The van der Waals surface area contributed by atoms with E-state index in [0.717, 1.165) is 5.56 Å². The van der Waals surface area contributed by atoms with Crippen LogP contribution in [0.1, 0.15) is 17.5 Å². The fourth-order valence-electron chi connectivity index (χ4n) is 2.42.